The van der Waals surface area contributed by atoms with E-state index in [0.717, 1.165) is 16.7 Å². The third-order valence-corrected chi connectivity index (χ3v) is 6.18. The standard InChI is InChI=1S/C30H26FN3O4/c31-25-6-2-5-24(14-25)30(36)34(18-22-4-1-3-21(13-22)16-32)17-20-7-10-26(11-8-20)33-29(35)23-9-12-27-28(15-23)38-19-37-27/h1-15H,16-19,32H2,(H,33,35). The predicted octanol–water partition coefficient (Wildman–Crippen LogP) is 5.11. The molecule has 2 amide bonds. The Morgan fingerprint density at radius 1 is 0.789 bits per heavy atom. The normalized spacial score (nSPS) is 11.7. The van der Waals surface area contributed by atoms with Crippen LogP contribution in [-0.2, 0) is 19.6 Å². The fourth-order valence-corrected chi connectivity index (χ4v) is 4.23. The molecule has 8 heteroatoms. The summed E-state index contributed by atoms with van der Waals surface area (Å²) in [6.07, 6.45) is 0. The Kier molecular flexibility index (Phi) is 7.33. The molecule has 0 fully saturated rings. The number of nitrogens with zero attached hydrogens (tertiary/aromatic N) is 1. The molecular weight excluding hydrogens is 485 g/mol. The quantitative estimate of drug-likeness (QED) is 0.343. The van der Waals surface area contributed by atoms with Gasteiger partial charge in [0.2, 0.25) is 6.79 Å². The van der Waals surface area contributed by atoms with Gasteiger partial charge in [-0.25, -0.2) is 4.39 Å². The van der Waals surface area contributed by atoms with Gasteiger partial charge in [0, 0.05) is 36.4 Å². The first-order valence-electron chi connectivity index (χ1n) is 12.1. The van der Waals surface area contributed by atoms with Crippen molar-refractivity contribution in [2.45, 2.75) is 19.6 Å². The fraction of sp³-hybridized carbons (Fsp3) is 0.133. The third kappa shape index (κ3) is 5.82. The van der Waals surface area contributed by atoms with E-state index in [-0.39, 0.29) is 24.2 Å². The summed E-state index contributed by atoms with van der Waals surface area (Å²) in [5.74, 6) is 0.108. The molecule has 1 heterocycles. The highest BCUT2D eigenvalue weighted by Crippen LogP contribution is 2.32. The maximum absolute atomic E-state index is 13.8. The van der Waals surface area contributed by atoms with Crippen molar-refractivity contribution in [3.63, 3.8) is 0 Å². The van der Waals surface area contributed by atoms with Gasteiger partial charge in [-0.2, -0.15) is 0 Å². The van der Waals surface area contributed by atoms with E-state index in [9.17, 15) is 14.0 Å². The summed E-state index contributed by atoms with van der Waals surface area (Å²) in [5.41, 5.74) is 9.85. The number of nitrogens with two attached hydrogens (primary N) is 1. The van der Waals surface area contributed by atoms with Crippen molar-refractivity contribution in [3.8, 4) is 11.5 Å². The van der Waals surface area contributed by atoms with Gasteiger partial charge >= 0.3 is 0 Å². The molecule has 0 unspecified atom stereocenters. The molecule has 1 aliphatic rings. The van der Waals surface area contributed by atoms with Crippen molar-refractivity contribution in [2.75, 3.05) is 12.1 Å². The fourth-order valence-electron chi connectivity index (χ4n) is 4.23. The van der Waals surface area contributed by atoms with Gasteiger partial charge in [0.25, 0.3) is 11.8 Å². The molecule has 0 radical (unpaired) electrons. The van der Waals surface area contributed by atoms with Gasteiger partial charge in [0.15, 0.2) is 11.5 Å². The largest absolute Gasteiger partial charge is 0.454 e. The highest BCUT2D eigenvalue weighted by molar-refractivity contribution is 6.04. The topological polar surface area (TPSA) is 93.9 Å². The first-order chi connectivity index (χ1) is 18.5. The Balaban J connectivity index is 1.32. The van der Waals surface area contributed by atoms with Crippen molar-refractivity contribution in [1.82, 2.24) is 4.90 Å². The summed E-state index contributed by atoms with van der Waals surface area (Å²) in [4.78, 5) is 27.7. The van der Waals surface area contributed by atoms with Crippen LogP contribution >= 0.6 is 0 Å². The molecule has 5 rings (SSSR count). The van der Waals surface area contributed by atoms with Crippen LogP contribution in [0, 0.1) is 5.82 Å². The zero-order valence-corrected chi connectivity index (χ0v) is 20.5. The monoisotopic (exact) mass is 511 g/mol. The van der Waals surface area contributed by atoms with Crippen LogP contribution in [0.1, 0.15) is 37.4 Å². The third-order valence-electron chi connectivity index (χ3n) is 6.18. The lowest BCUT2D eigenvalue weighted by atomic mass is 10.1. The minimum Gasteiger partial charge on any atom is -0.454 e. The average molecular weight is 512 g/mol. The van der Waals surface area contributed by atoms with Crippen molar-refractivity contribution >= 4 is 17.5 Å². The van der Waals surface area contributed by atoms with Gasteiger partial charge in [-0.1, -0.05) is 42.5 Å². The SMILES string of the molecule is NCc1cccc(CN(Cc2ccc(NC(=O)c3ccc4c(c3)OCO4)cc2)C(=O)c2cccc(F)c2)c1. The Labute approximate surface area is 219 Å². The Hall–Kier alpha value is -4.69. The molecule has 0 spiro atoms. The molecule has 3 N–H and O–H groups in total. The minimum atomic E-state index is -0.469. The van der Waals surface area contributed by atoms with E-state index in [4.69, 9.17) is 15.2 Å². The molecule has 7 nitrogen and oxygen atoms in total. The van der Waals surface area contributed by atoms with E-state index in [2.05, 4.69) is 5.32 Å². The van der Waals surface area contributed by atoms with Crippen LogP contribution in [0.2, 0.25) is 0 Å². The maximum Gasteiger partial charge on any atom is 0.255 e. The predicted molar refractivity (Wildman–Crippen MR) is 141 cm³/mol. The molecule has 0 aromatic heterocycles. The van der Waals surface area contributed by atoms with E-state index < -0.39 is 5.82 Å². The highest BCUT2D eigenvalue weighted by atomic mass is 19.1. The van der Waals surface area contributed by atoms with Crippen LogP contribution < -0.4 is 20.5 Å². The number of amides is 2. The van der Waals surface area contributed by atoms with Crippen molar-refractivity contribution in [3.05, 3.63) is 125 Å². The van der Waals surface area contributed by atoms with Gasteiger partial charge < -0.3 is 25.4 Å². The lowest BCUT2D eigenvalue weighted by molar-refractivity contribution is 0.0729. The average Bonchev–Trinajstić information content (AvgIpc) is 3.41. The van der Waals surface area contributed by atoms with Crippen LogP contribution in [0.4, 0.5) is 10.1 Å². The van der Waals surface area contributed by atoms with E-state index in [1.807, 2.05) is 36.4 Å². The zero-order valence-electron chi connectivity index (χ0n) is 20.5. The van der Waals surface area contributed by atoms with Crippen LogP contribution in [0.5, 0.6) is 11.5 Å². The number of halogens is 1. The second-order valence-electron chi connectivity index (χ2n) is 8.91. The van der Waals surface area contributed by atoms with Gasteiger partial charge in [0.05, 0.1) is 0 Å². The first kappa shape index (κ1) is 25.0. The van der Waals surface area contributed by atoms with E-state index in [0.29, 0.717) is 42.4 Å². The molecule has 0 saturated heterocycles. The summed E-state index contributed by atoms with van der Waals surface area (Å²) < 4.78 is 24.5. The lowest BCUT2D eigenvalue weighted by Crippen LogP contribution is -2.30. The summed E-state index contributed by atoms with van der Waals surface area (Å²) in [5, 5.41) is 2.87. The maximum atomic E-state index is 13.8. The minimum absolute atomic E-state index is 0.138. The van der Waals surface area contributed by atoms with Crippen LogP contribution in [0.15, 0.2) is 91.0 Å². The van der Waals surface area contributed by atoms with Crippen molar-refractivity contribution in [2.24, 2.45) is 5.73 Å². The number of anilines is 1. The zero-order chi connectivity index (χ0) is 26.5. The van der Waals surface area contributed by atoms with E-state index >= 15 is 0 Å². The molecule has 0 saturated carbocycles. The molecular formula is C30H26FN3O4. The Bertz CT molecular complexity index is 1470. The molecule has 0 bridgehead atoms. The molecule has 4 aromatic rings. The molecule has 0 atom stereocenters. The number of hydrogen-bond acceptors (Lipinski definition) is 5. The second-order valence-corrected chi connectivity index (χ2v) is 8.91. The number of carbonyl (C=O) groups is 2. The van der Waals surface area contributed by atoms with Crippen molar-refractivity contribution < 1.29 is 23.5 Å². The number of fused-ring (bicyclic) bond motifs is 1. The van der Waals surface area contributed by atoms with E-state index in [1.165, 1.54) is 18.2 Å². The van der Waals surface area contributed by atoms with Gasteiger partial charge in [-0.3, -0.25) is 9.59 Å². The Morgan fingerprint density at radius 2 is 1.53 bits per heavy atom. The number of carbonyl (C=O) groups excluding carboxylic acids is 2. The molecule has 192 valence electrons. The summed E-state index contributed by atoms with van der Waals surface area (Å²) in [7, 11) is 0. The van der Waals surface area contributed by atoms with Crippen LogP contribution in [0.25, 0.3) is 0 Å². The Morgan fingerprint density at radius 3 is 2.32 bits per heavy atom. The van der Waals surface area contributed by atoms with Gasteiger partial charge in [-0.15, -0.1) is 0 Å². The van der Waals surface area contributed by atoms with Gasteiger partial charge in [-0.05, 0) is 65.2 Å². The number of nitrogens with one attached hydrogen (secondary N) is 1. The summed E-state index contributed by atoms with van der Waals surface area (Å²) in [6, 6.07) is 25.6. The molecule has 38 heavy (non-hydrogen) atoms. The molecule has 0 aliphatic carbocycles. The number of hydrogen-bond donors (Lipinski definition) is 2. The molecule has 1 aliphatic heterocycles. The van der Waals surface area contributed by atoms with Gasteiger partial charge in [0.1, 0.15) is 5.82 Å². The second kappa shape index (κ2) is 11.1. The first-order valence-corrected chi connectivity index (χ1v) is 12.1. The molecule has 4 aromatic carbocycles. The number of benzene rings is 4. The highest BCUT2D eigenvalue weighted by Gasteiger charge is 2.19. The van der Waals surface area contributed by atoms with Crippen LogP contribution in [-0.4, -0.2) is 23.5 Å². The number of ether oxygens (including phenoxy) is 2. The smallest absolute Gasteiger partial charge is 0.255 e. The van der Waals surface area contributed by atoms with Crippen molar-refractivity contribution in [1.29, 1.82) is 0 Å². The lowest BCUT2D eigenvalue weighted by Gasteiger charge is -2.24. The number of rotatable bonds is 8. The van der Waals surface area contributed by atoms with E-state index in [1.54, 1.807) is 41.3 Å². The summed E-state index contributed by atoms with van der Waals surface area (Å²) in [6.45, 7) is 1.15. The summed E-state index contributed by atoms with van der Waals surface area (Å²) >= 11 is 0. The van der Waals surface area contributed by atoms with Crippen LogP contribution in [0.3, 0.4) is 0 Å².